The van der Waals surface area contributed by atoms with E-state index >= 15 is 0 Å². The first kappa shape index (κ1) is 12.2. The molecule has 92 valence electrons. The van der Waals surface area contributed by atoms with E-state index < -0.39 is 0 Å². The lowest BCUT2D eigenvalue weighted by molar-refractivity contribution is 0.112. The molecule has 1 aliphatic rings. The molecule has 2 atom stereocenters. The van der Waals surface area contributed by atoms with Crippen LogP contribution in [0.2, 0.25) is 0 Å². The van der Waals surface area contributed by atoms with Crippen LogP contribution in [0.5, 0.6) is 0 Å². The molecule has 2 rings (SSSR count). The van der Waals surface area contributed by atoms with Gasteiger partial charge in [-0.05, 0) is 56.9 Å². The van der Waals surface area contributed by atoms with E-state index in [1.807, 2.05) is 12.1 Å². The molecule has 2 heteroatoms. The molecule has 0 spiro atoms. The van der Waals surface area contributed by atoms with Gasteiger partial charge in [-0.1, -0.05) is 6.92 Å². The van der Waals surface area contributed by atoms with Crippen molar-refractivity contribution in [1.82, 2.24) is 0 Å². The van der Waals surface area contributed by atoms with Crippen molar-refractivity contribution < 1.29 is 4.79 Å². The lowest BCUT2D eigenvalue weighted by atomic mass is 10.1. The number of benzene rings is 1. The van der Waals surface area contributed by atoms with Crippen LogP contribution < -0.4 is 4.90 Å². The van der Waals surface area contributed by atoms with Crippen molar-refractivity contribution in [3.8, 4) is 0 Å². The molecule has 1 heterocycles. The van der Waals surface area contributed by atoms with Crippen LogP contribution in [0, 0.1) is 6.92 Å². The molecule has 0 bridgehead atoms. The van der Waals surface area contributed by atoms with E-state index in [0.717, 1.165) is 11.8 Å². The molecule has 0 saturated carbocycles. The molecule has 0 radical (unpaired) electrons. The van der Waals surface area contributed by atoms with Crippen molar-refractivity contribution in [1.29, 1.82) is 0 Å². The van der Waals surface area contributed by atoms with Crippen LogP contribution in [0.1, 0.15) is 49.0 Å². The normalized spacial score (nSPS) is 24.1. The van der Waals surface area contributed by atoms with Crippen molar-refractivity contribution >= 4 is 12.0 Å². The summed E-state index contributed by atoms with van der Waals surface area (Å²) in [4.78, 5) is 13.3. The highest BCUT2D eigenvalue weighted by molar-refractivity contribution is 5.77. The molecule has 2 nitrogen and oxygen atoms in total. The van der Waals surface area contributed by atoms with Crippen LogP contribution in [-0.4, -0.2) is 18.4 Å². The van der Waals surface area contributed by atoms with Gasteiger partial charge in [-0.25, -0.2) is 0 Å². The SMILES string of the molecule is CCC1CCC(C)N1c1ccc(C=O)cc1C. The zero-order valence-corrected chi connectivity index (χ0v) is 10.9. The number of hydrogen-bond acceptors (Lipinski definition) is 2. The highest BCUT2D eigenvalue weighted by Gasteiger charge is 2.30. The van der Waals surface area contributed by atoms with Gasteiger partial charge in [0.2, 0.25) is 0 Å². The van der Waals surface area contributed by atoms with Gasteiger partial charge in [0.1, 0.15) is 6.29 Å². The number of anilines is 1. The molecule has 2 unspecified atom stereocenters. The maximum atomic E-state index is 10.8. The zero-order chi connectivity index (χ0) is 12.4. The number of carbonyl (C=O) groups excluding carboxylic acids is 1. The van der Waals surface area contributed by atoms with E-state index in [2.05, 4.69) is 31.7 Å². The number of carbonyl (C=O) groups is 1. The summed E-state index contributed by atoms with van der Waals surface area (Å²) < 4.78 is 0. The predicted molar refractivity (Wildman–Crippen MR) is 71.8 cm³/mol. The molecule has 17 heavy (non-hydrogen) atoms. The summed E-state index contributed by atoms with van der Waals surface area (Å²) in [5.41, 5.74) is 3.28. The third kappa shape index (κ3) is 2.21. The third-order valence-electron chi connectivity index (χ3n) is 3.89. The van der Waals surface area contributed by atoms with Crippen molar-refractivity contribution in [3.63, 3.8) is 0 Å². The minimum atomic E-state index is 0.612. The largest absolute Gasteiger partial charge is 0.366 e. The zero-order valence-electron chi connectivity index (χ0n) is 10.9. The van der Waals surface area contributed by atoms with Gasteiger partial charge < -0.3 is 4.90 Å². The number of aryl methyl sites for hydroxylation is 1. The molecular weight excluding hydrogens is 210 g/mol. The van der Waals surface area contributed by atoms with Crippen molar-refractivity contribution in [2.45, 2.75) is 52.1 Å². The Morgan fingerprint density at radius 2 is 2.18 bits per heavy atom. The van der Waals surface area contributed by atoms with Gasteiger partial charge in [-0.3, -0.25) is 4.79 Å². The molecule has 0 N–H and O–H groups in total. The van der Waals surface area contributed by atoms with E-state index in [4.69, 9.17) is 0 Å². The summed E-state index contributed by atoms with van der Waals surface area (Å²) in [5, 5.41) is 0. The van der Waals surface area contributed by atoms with Crippen LogP contribution in [0.25, 0.3) is 0 Å². The molecule has 1 saturated heterocycles. The average molecular weight is 231 g/mol. The average Bonchev–Trinajstić information content (AvgIpc) is 2.70. The smallest absolute Gasteiger partial charge is 0.150 e. The fourth-order valence-electron chi connectivity index (χ4n) is 2.95. The molecule has 0 amide bonds. The van der Waals surface area contributed by atoms with Gasteiger partial charge in [0.05, 0.1) is 0 Å². The Morgan fingerprint density at radius 1 is 1.41 bits per heavy atom. The maximum Gasteiger partial charge on any atom is 0.150 e. The monoisotopic (exact) mass is 231 g/mol. The number of rotatable bonds is 3. The summed E-state index contributed by atoms with van der Waals surface area (Å²) in [7, 11) is 0. The Labute approximate surface area is 104 Å². The predicted octanol–water partition coefficient (Wildman–Crippen LogP) is 3.57. The Morgan fingerprint density at radius 3 is 2.76 bits per heavy atom. The van der Waals surface area contributed by atoms with Crippen molar-refractivity contribution in [2.75, 3.05) is 4.90 Å². The van der Waals surface area contributed by atoms with E-state index in [1.54, 1.807) is 0 Å². The summed E-state index contributed by atoms with van der Waals surface area (Å²) in [5.74, 6) is 0. The fourth-order valence-corrected chi connectivity index (χ4v) is 2.95. The Hall–Kier alpha value is -1.31. The van der Waals surface area contributed by atoms with Crippen molar-refractivity contribution in [2.24, 2.45) is 0 Å². The molecule has 0 aromatic heterocycles. The first-order chi connectivity index (χ1) is 8.17. The lowest BCUT2D eigenvalue weighted by Crippen LogP contribution is -2.34. The van der Waals surface area contributed by atoms with Gasteiger partial charge in [0.15, 0.2) is 0 Å². The van der Waals surface area contributed by atoms with E-state index in [-0.39, 0.29) is 0 Å². The molecule has 1 fully saturated rings. The summed E-state index contributed by atoms with van der Waals surface area (Å²) >= 11 is 0. The Kier molecular flexibility index (Phi) is 3.51. The molecule has 0 aliphatic carbocycles. The minimum absolute atomic E-state index is 0.612. The van der Waals surface area contributed by atoms with Gasteiger partial charge >= 0.3 is 0 Å². The fraction of sp³-hybridized carbons (Fsp3) is 0.533. The number of nitrogens with zero attached hydrogens (tertiary/aromatic N) is 1. The molecule has 1 aromatic rings. The van der Waals surface area contributed by atoms with Gasteiger partial charge in [-0.2, -0.15) is 0 Å². The van der Waals surface area contributed by atoms with Crippen LogP contribution in [0.3, 0.4) is 0 Å². The molecule has 1 aromatic carbocycles. The first-order valence-corrected chi connectivity index (χ1v) is 6.51. The second kappa shape index (κ2) is 4.91. The van der Waals surface area contributed by atoms with E-state index in [9.17, 15) is 4.79 Å². The maximum absolute atomic E-state index is 10.8. The highest BCUT2D eigenvalue weighted by atomic mass is 16.1. The number of hydrogen-bond donors (Lipinski definition) is 0. The summed E-state index contributed by atoms with van der Waals surface area (Å²) in [6, 6.07) is 7.28. The first-order valence-electron chi connectivity index (χ1n) is 6.51. The Balaban J connectivity index is 2.35. The van der Waals surface area contributed by atoms with Crippen LogP contribution in [-0.2, 0) is 0 Å². The standard InChI is InChI=1S/C15H21NO/c1-4-14-7-5-12(3)16(14)15-8-6-13(10-17)9-11(15)2/h6,8-10,12,14H,4-5,7H2,1-3H3. The second-order valence-electron chi connectivity index (χ2n) is 5.06. The quantitative estimate of drug-likeness (QED) is 0.741. The van der Waals surface area contributed by atoms with Gasteiger partial charge in [0, 0.05) is 23.3 Å². The van der Waals surface area contributed by atoms with E-state index in [0.29, 0.717) is 12.1 Å². The summed E-state index contributed by atoms with van der Waals surface area (Å²) in [6.45, 7) is 6.65. The summed E-state index contributed by atoms with van der Waals surface area (Å²) in [6.07, 6.45) is 4.67. The Bertz CT molecular complexity index is 413. The van der Waals surface area contributed by atoms with Crippen molar-refractivity contribution in [3.05, 3.63) is 29.3 Å². The highest BCUT2D eigenvalue weighted by Crippen LogP contribution is 2.34. The molecule has 1 aliphatic heterocycles. The van der Waals surface area contributed by atoms with E-state index in [1.165, 1.54) is 30.5 Å². The van der Waals surface area contributed by atoms with Gasteiger partial charge in [-0.15, -0.1) is 0 Å². The topological polar surface area (TPSA) is 20.3 Å². The van der Waals surface area contributed by atoms with Crippen LogP contribution >= 0.6 is 0 Å². The number of aldehydes is 1. The minimum Gasteiger partial charge on any atom is -0.366 e. The second-order valence-corrected chi connectivity index (χ2v) is 5.06. The third-order valence-corrected chi connectivity index (χ3v) is 3.89. The van der Waals surface area contributed by atoms with Gasteiger partial charge in [0.25, 0.3) is 0 Å². The van der Waals surface area contributed by atoms with Crippen LogP contribution in [0.15, 0.2) is 18.2 Å². The molecular formula is C15H21NO. The van der Waals surface area contributed by atoms with Crippen LogP contribution in [0.4, 0.5) is 5.69 Å². The lowest BCUT2D eigenvalue weighted by Gasteiger charge is -2.31.